The zero-order chi connectivity index (χ0) is 24.7. The summed E-state index contributed by atoms with van der Waals surface area (Å²) in [6.07, 6.45) is 0.857. The Kier molecular flexibility index (Phi) is 6.02. The molecule has 0 saturated carbocycles. The topological polar surface area (TPSA) is 94.8 Å². The number of aryl methyl sites for hydroxylation is 2. The van der Waals surface area contributed by atoms with Crippen molar-refractivity contribution in [1.82, 2.24) is 10.2 Å². The van der Waals surface area contributed by atoms with Gasteiger partial charge in [0.05, 0.1) is 30.2 Å². The number of carbonyl (C=O) groups is 1. The number of anilines is 1. The minimum atomic E-state index is -0.743. The highest BCUT2D eigenvalue weighted by Crippen LogP contribution is 2.43. The number of hydrogen-bond acceptors (Lipinski definition) is 8. The Bertz CT molecular complexity index is 1480. The number of ether oxygens (including phenoxy) is 2. The number of nitrogens with zero attached hydrogens (tertiary/aromatic N) is 3. The first-order valence-corrected chi connectivity index (χ1v) is 12.4. The predicted octanol–water partition coefficient (Wildman–Crippen LogP) is 5.20. The molecule has 1 amide bonds. The lowest BCUT2D eigenvalue weighted by Crippen LogP contribution is -2.29. The smallest absolute Gasteiger partial charge is 0.297 e. The Morgan fingerprint density at radius 3 is 2.57 bits per heavy atom. The normalized spacial score (nSPS) is 15.0. The van der Waals surface area contributed by atoms with E-state index in [2.05, 4.69) is 10.2 Å². The van der Waals surface area contributed by atoms with Crippen LogP contribution in [0.4, 0.5) is 5.13 Å². The van der Waals surface area contributed by atoms with Crippen LogP contribution in [-0.2, 0) is 0 Å². The molecule has 0 spiro atoms. The third-order valence-electron chi connectivity index (χ3n) is 6.09. The van der Waals surface area contributed by atoms with E-state index < -0.39 is 11.9 Å². The molecule has 3 heterocycles. The molecule has 4 aromatic rings. The quantitative estimate of drug-likeness (QED) is 0.351. The van der Waals surface area contributed by atoms with E-state index in [0.717, 1.165) is 17.5 Å². The number of fused-ring (bicyclic) bond motifs is 2. The molecule has 5 rings (SSSR count). The van der Waals surface area contributed by atoms with E-state index in [9.17, 15) is 9.59 Å². The molecule has 0 fully saturated rings. The van der Waals surface area contributed by atoms with Gasteiger partial charge in [0.2, 0.25) is 10.9 Å². The molecule has 35 heavy (non-hydrogen) atoms. The third kappa shape index (κ3) is 3.85. The van der Waals surface area contributed by atoms with E-state index in [1.807, 2.05) is 52.0 Å². The van der Waals surface area contributed by atoms with E-state index in [4.69, 9.17) is 13.9 Å². The van der Waals surface area contributed by atoms with Crippen molar-refractivity contribution in [3.63, 3.8) is 0 Å². The van der Waals surface area contributed by atoms with Crippen molar-refractivity contribution < 1.29 is 18.7 Å². The fourth-order valence-corrected chi connectivity index (χ4v) is 4.89. The van der Waals surface area contributed by atoms with Gasteiger partial charge in [-0.15, -0.1) is 10.2 Å². The maximum absolute atomic E-state index is 13.8. The summed E-state index contributed by atoms with van der Waals surface area (Å²) in [7, 11) is 0. The standard InChI is InChI=1S/C26H25N3O5S/c1-5-9-33-18-8-7-16(12-20(18)32-6-2)22-21-23(30)17-10-14(3)15(4)11-19(17)34-24(21)25(31)29(22)26-28-27-13-35-26/h7-8,10-13,22H,5-6,9H2,1-4H3. The molecule has 0 N–H and O–H groups in total. The molecular formula is C26H25N3O5S. The van der Waals surface area contributed by atoms with Crippen LogP contribution >= 0.6 is 11.3 Å². The van der Waals surface area contributed by atoms with Crippen molar-refractivity contribution in [1.29, 1.82) is 0 Å². The molecule has 0 bridgehead atoms. The highest BCUT2D eigenvalue weighted by Gasteiger charge is 2.45. The Morgan fingerprint density at radius 2 is 1.86 bits per heavy atom. The van der Waals surface area contributed by atoms with Crippen molar-refractivity contribution >= 4 is 33.3 Å². The van der Waals surface area contributed by atoms with Crippen molar-refractivity contribution in [3.8, 4) is 11.5 Å². The average Bonchev–Trinajstić information content (AvgIpc) is 3.46. The van der Waals surface area contributed by atoms with Crippen molar-refractivity contribution in [3.05, 3.63) is 74.1 Å². The highest BCUT2D eigenvalue weighted by molar-refractivity contribution is 7.13. The van der Waals surface area contributed by atoms with E-state index >= 15 is 0 Å². The Morgan fingerprint density at radius 1 is 1.06 bits per heavy atom. The minimum Gasteiger partial charge on any atom is -0.490 e. The van der Waals surface area contributed by atoms with Crippen LogP contribution in [0.1, 0.15) is 59.1 Å². The third-order valence-corrected chi connectivity index (χ3v) is 6.77. The van der Waals surface area contributed by atoms with Gasteiger partial charge in [0, 0.05) is 0 Å². The van der Waals surface area contributed by atoms with E-state index in [0.29, 0.717) is 46.4 Å². The van der Waals surface area contributed by atoms with Crippen LogP contribution in [0.15, 0.2) is 45.1 Å². The van der Waals surface area contributed by atoms with E-state index in [1.165, 1.54) is 16.2 Å². The summed E-state index contributed by atoms with van der Waals surface area (Å²) in [6, 6.07) is 8.35. The fraction of sp³-hybridized carbons (Fsp3) is 0.308. The lowest BCUT2D eigenvalue weighted by molar-refractivity contribution is 0.0970. The maximum Gasteiger partial charge on any atom is 0.297 e. The summed E-state index contributed by atoms with van der Waals surface area (Å²) in [6.45, 7) is 8.80. The van der Waals surface area contributed by atoms with E-state index in [-0.39, 0.29) is 16.8 Å². The summed E-state index contributed by atoms with van der Waals surface area (Å²) in [4.78, 5) is 28.9. The van der Waals surface area contributed by atoms with Gasteiger partial charge in [0.1, 0.15) is 11.1 Å². The molecule has 1 atom stereocenters. The van der Waals surface area contributed by atoms with Gasteiger partial charge in [-0.05, 0) is 68.1 Å². The van der Waals surface area contributed by atoms with Gasteiger partial charge in [-0.3, -0.25) is 14.5 Å². The van der Waals surface area contributed by atoms with Gasteiger partial charge in [0.15, 0.2) is 16.9 Å². The lowest BCUT2D eigenvalue weighted by atomic mass is 9.97. The second kappa shape index (κ2) is 9.14. The fourth-order valence-electron chi connectivity index (χ4n) is 4.31. The van der Waals surface area contributed by atoms with Gasteiger partial charge in [-0.2, -0.15) is 0 Å². The summed E-state index contributed by atoms with van der Waals surface area (Å²) < 4.78 is 17.8. The van der Waals surface area contributed by atoms with Crippen molar-refractivity contribution in [2.75, 3.05) is 18.1 Å². The molecule has 8 nitrogen and oxygen atoms in total. The highest BCUT2D eigenvalue weighted by atomic mass is 32.1. The van der Waals surface area contributed by atoms with Gasteiger partial charge >= 0.3 is 0 Å². The summed E-state index contributed by atoms with van der Waals surface area (Å²) in [5.74, 6) is 0.757. The van der Waals surface area contributed by atoms with Crippen LogP contribution in [0.5, 0.6) is 11.5 Å². The second-order valence-corrected chi connectivity index (χ2v) is 9.20. The van der Waals surface area contributed by atoms with Gasteiger partial charge < -0.3 is 13.9 Å². The van der Waals surface area contributed by atoms with Gasteiger partial charge in [-0.25, -0.2) is 0 Å². The minimum absolute atomic E-state index is 0.0234. The molecule has 2 aromatic carbocycles. The van der Waals surface area contributed by atoms with Gasteiger partial charge in [-0.1, -0.05) is 24.3 Å². The number of amides is 1. The monoisotopic (exact) mass is 491 g/mol. The average molecular weight is 492 g/mol. The van der Waals surface area contributed by atoms with Crippen LogP contribution in [0.3, 0.4) is 0 Å². The molecule has 0 radical (unpaired) electrons. The molecule has 1 unspecified atom stereocenters. The lowest BCUT2D eigenvalue weighted by Gasteiger charge is -2.23. The Labute approximate surface area is 206 Å². The zero-order valence-electron chi connectivity index (χ0n) is 20.0. The first-order valence-electron chi connectivity index (χ1n) is 11.5. The summed E-state index contributed by atoms with van der Waals surface area (Å²) in [5, 5.41) is 8.86. The molecule has 0 aliphatic carbocycles. The number of aromatic nitrogens is 2. The largest absolute Gasteiger partial charge is 0.490 e. The van der Waals surface area contributed by atoms with Crippen LogP contribution < -0.4 is 19.8 Å². The summed E-state index contributed by atoms with van der Waals surface area (Å²) >= 11 is 1.22. The molecule has 0 saturated heterocycles. The number of carbonyl (C=O) groups excluding carboxylic acids is 1. The Hall–Kier alpha value is -3.72. The number of hydrogen-bond donors (Lipinski definition) is 0. The first-order chi connectivity index (χ1) is 16.9. The maximum atomic E-state index is 13.8. The molecule has 180 valence electrons. The van der Waals surface area contributed by atoms with Crippen LogP contribution in [0.2, 0.25) is 0 Å². The molecule has 9 heteroatoms. The number of benzene rings is 2. The zero-order valence-corrected chi connectivity index (χ0v) is 20.8. The summed E-state index contributed by atoms with van der Waals surface area (Å²) in [5.41, 5.74) is 4.63. The molecule has 1 aliphatic rings. The second-order valence-electron chi connectivity index (χ2n) is 8.39. The van der Waals surface area contributed by atoms with Crippen LogP contribution in [0, 0.1) is 13.8 Å². The first kappa shape index (κ1) is 23.0. The SMILES string of the molecule is CCCOc1ccc(C2c3c(oc4cc(C)c(C)cc4c3=O)C(=O)N2c2nncs2)cc1OCC. The van der Waals surface area contributed by atoms with Crippen LogP contribution in [0.25, 0.3) is 11.0 Å². The molecular weight excluding hydrogens is 466 g/mol. The predicted molar refractivity (Wildman–Crippen MR) is 134 cm³/mol. The molecule has 2 aromatic heterocycles. The Balaban J connectivity index is 1.75. The van der Waals surface area contributed by atoms with Gasteiger partial charge in [0.25, 0.3) is 5.91 Å². The van der Waals surface area contributed by atoms with Crippen LogP contribution in [-0.4, -0.2) is 29.3 Å². The van der Waals surface area contributed by atoms with E-state index in [1.54, 1.807) is 11.6 Å². The number of rotatable bonds is 7. The van der Waals surface area contributed by atoms with Crippen molar-refractivity contribution in [2.45, 2.75) is 40.2 Å². The molecule has 1 aliphatic heterocycles. The van der Waals surface area contributed by atoms with Crippen molar-refractivity contribution in [2.24, 2.45) is 0 Å².